The average Bonchev–Trinajstić information content (AvgIpc) is 3.01. The van der Waals surface area contributed by atoms with Crippen molar-refractivity contribution in [3.05, 3.63) is 61.1 Å². The Labute approximate surface area is 174 Å². The molecule has 0 unspecified atom stereocenters. The van der Waals surface area contributed by atoms with Crippen LogP contribution in [0.3, 0.4) is 0 Å². The lowest BCUT2D eigenvalue weighted by molar-refractivity contribution is -0.385. The highest BCUT2D eigenvalue weighted by atomic mass is 79.9. The van der Waals surface area contributed by atoms with Gasteiger partial charge in [-0.25, -0.2) is 0 Å². The number of rotatable bonds is 4. The molecule has 2 amide bonds. The number of carbonyl (C=O) groups excluding carboxylic acids is 2. The smallest absolute Gasteiger partial charge is 0.274 e. The van der Waals surface area contributed by atoms with Crippen molar-refractivity contribution in [3.8, 4) is 0 Å². The summed E-state index contributed by atoms with van der Waals surface area (Å²) in [5.41, 5.74) is 2.28. The highest BCUT2D eigenvalue weighted by Gasteiger charge is 2.36. The van der Waals surface area contributed by atoms with Gasteiger partial charge < -0.3 is 10.2 Å². The summed E-state index contributed by atoms with van der Waals surface area (Å²) in [4.78, 5) is 37.2. The molecule has 1 fully saturated rings. The Kier molecular flexibility index (Phi) is 5.71. The number of nitrogens with zero attached hydrogens (tertiary/aromatic N) is 2. The van der Waals surface area contributed by atoms with Gasteiger partial charge in [-0.1, -0.05) is 17.7 Å². The van der Waals surface area contributed by atoms with E-state index in [-0.39, 0.29) is 30.5 Å². The number of nitro benzene ring substituents is 1. The van der Waals surface area contributed by atoms with Gasteiger partial charge in [0.25, 0.3) is 5.69 Å². The lowest BCUT2D eigenvalue weighted by Gasteiger charge is -2.17. The maximum Gasteiger partial charge on any atom is 0.274 e. The first-order valence-corrected chi connectivity index (χ1v) is 9.66. The van der Waals surface area contributed by atoms with Gasteiger partial charge in [0.15, 0.2) is 0 Å². The van der Waals surface area contributed by atoms with Crippen LogP contribution in [0.25, 0.3) is 0 Å². The number of carbonyl (C=O) groups is 2. The Morgan fingerprint density at radius 1 is 1.29 bits per heavy atom. The second-order valence-electron chi connectivity index (χ2n) is 6.70. The lowest BCUT2D eigenvalue weighted by Crippen LogP contribution is -2.28. The van der Waals surface area contributed by atoms with Gasteiger partial charge >= 0.3 is 0 Å². The van der Waals surface area contributed by atoms with Gasteiger partial charge in [-0.15, -0.1) is 0 Å². The van der Waals surface area contributed by atoms with Crippen LogP contribution < -0.4 is 10.2 Å². The van der Waals surface area contributed by atoms with Gasteiger partial charge in [0, 0.05) is 34.8 Å². The van der Waals surface area contributed by atoms with Crippen LogP contribution in [0.5, 0.6) is 0 Å². The largest absolute Gasteiger partial charge is 0.325 e. The summed E-state index contributed by atoms with van der Waals surface area (Å²) in [6.07, 6.45) is 0.0385. The number of amides is 2. The fourth-order valence-electron chi connectivity index (χ4n) is 3.11. The molecule has 1 saturated heterocycles. The molecule has 146 valence electrons. The third kappa shape index (κ3) is 4.02. The van der Waals surface area contributed by atoms with Crippen LogP contribution in [0.15, 0.2) is 34.8 Å². The van der Waals surface area contributed by atoms with Gasteiger partial charge in [0.05, 0.1) is 21.6 Å². The zero-order valence-electron chi connectivity index (χ0n) is 15.2. The second kappa shape index (κ2) is 7.89. The Bertz CT molecular complexity index is 995. The van der Waals surface area contributed by atoms with E-state index in [1.165, 1.54) is 11.0 Å². The van der Waals surface area contributed by atoms with Gasteiger partial charge in [-0.3, -0.25) is 19.7 Å². The normalized spacial score (nSPS) is 16.4. The van der Waals surface area contributed by atoms with Crippen LogP contribution in [0.2, 0.25) is 5.02 Å². The first kappa shape index (κ1) is 20.3. The molecule has 1 heterocycles. The summed E-state index contributed by atoms with van der Waals surface area (Å²) in [7, 11) is 0. The molecular formula is C19H17BrClN3O4. The van der Waals surface area contributed by atoms with Crippen molar-refractivity contribution in [1.29, 1.82) is 0 Å². The Morgan fingerprint density at radius 3 is 2.68 bits per heavy atom. The number of hydrogen-bond donors (Lipinski definition) is 1. The van der Waals surface area contributed by atoms with E-state index in [1.54, 1.807) is 31.2 Å². The van der Waals surface area contributed by atoms with Crippen molar-refractivity contribution in [2.24, 2.45) is 5.92 Å². The minimum Gasteiger partial charge on any atom is -0.325 e. The van der Waals surface area contributed by atoms with Crippen molar-refractivity contribution in [1.82, 2.24) is 0 Å². The Hall–Kier alpha value is -2.45. The average molecular weight is 467 g/mol. The molecule has 0 radical (unpaired) electrons. The number of nitro groups is 1. The van der Waals surface area contributed by atoms with Crippen molar-refractivity contribution in [2.75, 3.05) is 16.8 Å². The first-order valence-electron chi connectivity index (χ1n) is 8.49. The van der Waals surface area contributed by atoms with E-state index >= 15 is 0 Å². The minimum absolute atomic E-state index is 0.0385. The quantitative estimate of drug-likeness (QED) is 0.526. The van der Waals surface area contributed by atoms with Crippen molar-refractivity contribution in [2.45, 2.75) is 20.3 Å². The molecule has 2 aromatic rings. The van der Waals surface area contributed by atoms with Crippen LogP contribution in [0.4, 0.5) is 17.1 Å². The summed E-state index contributed by atoms with van der Waals surface area (Å²) >= 11 is 9.42. The number of benzene rings is 2. The first-order chi connectivity index (χ1) is 13.2. The Morgan fingerprint density at radius 2 is 2.00 bits per heavy atom. The maximum absolute atomic E-state index is 12.7. The van der Waals surface area contributed by atoms with E-state index in [4.69, 9.17) is 11.6 Å². The third-order valence-corrected chi connectivity index (χ3v) is 5.92. The SMILES string of the molecule is Cc1cc(Br)c(Cl)cc1NC(=O)[C@H]1CC(=O)N(c2ccc(C)c([N+](=O)[O-])c2)C1. The summed E-state index contributed by atoms with van der Waals surface area (Å²) in [6, 6.07) is 8.07. The summed E-state index contributed by atoms with van der Waals surface area (Å²) in [5, 5.41) is 14.4. The number of hydrogen-bond acceptors (Lipinski definition) is 4. The molecule has 0 bridgehead atoms. The molecule has 1 atom stereocenters. The molecule has 0 aliphatic carbocycles. The maximum atomic E-state index is 12.7. The van der Waals surface area contributed by atoms with Crippen LogP contribution in [0.1, 0.15) is 17.5 Å². The standard InChI is InChI=1S/C19H17BrClN3O4/c1-10-3-4-13(7-17(10)24(27)28)23-9-12(6-18(23)25)19(26)22-16-8-15(21)14(20)5-11(16)2/h3-5,7-8,12H,6,9H2,1-2H3,(H,22,26)/t12-/m0/s1. The van der Waals surface area contributed by atoms with Gasteiger partial charge in [0.2, 0.25) is 11.8 Å². The minimum atomic E-state index is -0.560. The number of anilines is 2. The van der Waals surface area contributed by atoms with Gasteiger partial charge in [-0.2, -0.15) is 0 Å². The monoisotopic (exact) mass is 465 g/mol. The van der Waals surface area contributed by atoms with E-state index in [1.807, 2.05) is 6.92 Å². The zero-order valence-corrected chi connectivity index (χ0v) is 17.5. The summed E-state index contributed by atoms with van der Waals surface area (Å²) < 4.78 is 0.729. The van der Waals surface area contributed by atoms with E-state index in [0.717, 1.165) is 10.0 Å². The molecule has 9 heteroatoms. The van der Waals surface area contributed by atoms with Crippen molar-refractivity contribution in [3.63, 3.8) is 0 Å². The summed E-state index contributed by atoms with van der Waals surface area (Å²) in [5.74, 6) is -1.10. The number of nitrogens with one attached hydrogen (secondary N) is 1. The predicted molar refractivity (Wildman–Crippen MR) is 111 cm³/mol. The molecule has 1 N–H and O–H groups in total. The van der Waals surface area contributed by atoms with Crippen LogP contribution in [-0.4, -0.2) is 23.3 Å². The third-order valence-electron chi connectivity index (χ3n) is 4.72. The molecule has 0 aromatic heterocycles. The molecular weight excluding hydrogens is 450 g/mol. The molecule has 7 nitrogen and oxygen atoms in total. The van der Waals surface area contributed by atoms with Crippen LogP contribution in [0, 0.1) is 29.9 Å². The Balaban J connectivity index is 1.77. The summed E-state index contributed by atoms with van der Waals surface area (Å²) in [6.45, 7) is 3.64. The fourth-order valence-corrected chi connectivity index (χ4v) is 3.73. The lowest BCUT2D eigenvalue weighted by atomic mass is 10.1. The highest BCUT2D eigenvalue weighted by molar-refractivity contribution is 9.10. The van der Waals surface area contributed by atoms with Crippen LogP contribution in [-0.2, 0) is 9.59 Å². The number of aryl methyl sites for hydroxylation is 2. The topological polar surface area (TPSA) is 92.6 Å². The molecule has 28 heavy (non-hydrogen) atoms. The molecule has 1 aliphatic rings. The van der Waals surface area contributed by atoms with Gasteiger partial charge in [0.1, 0.15) is 0 Å². The molecule has 0 saturated carbocycles. The van der Waals surface area contributed by atoms with Crippen molar-refractivity contribution < 1.29 is 14.5 Å². The van der Waals surface area contributed by atoms with E-state index in [9.17, 15) is 19.7 Å². The van der Waals surface area contributed by atoms with E-state index < -0.39 is 10.8 Å². The molecule has 3 rings (SSSR count). The second-order valence-corrected chi connectivity index (χ2v) is 7.97. The van der Waals surface area contributed by atoms with E-state index in [2.05, 4.69) is 21.2 Å². The zero-order chi connectivity index (χ0) is 20.6. The fraction of sp³-hybridized carbons (Fsp3) is 0.263. The molecule has 1 aliphatic heterocycles. The predicted octanol–water partition coefficient (Wildman–Crippen LogP) is 4.62. The van der Waals surface area contributed by atoms with Gasteiger partial charge in [-0.05, 0) is 53.5 Å². The van der Waals surface area contributed by atoms with E-state index in [0.29, 0.717) is 22.0 Å². The highest BCUT2D eigenvalue weighted by Crippen LogP contribution is 2.32. The number of halogens is 2. The van der Waals surface area contributed by atoms with Crippen molar-refractivity contribution >= 4 is 56.4 Å². The molecule has 2 aromatic carbocycles. The van der Waals surface area contributed by atoms with Crippen LogP contribution >= 0.6 is 27.5 Å². The molecule has 0 spiro atoms.